The number of halogens is 1. The molecule has 4 heterocycles. The minimum absolute atomic E-state index is 0.0254. The number of aromatic nitrogens is 2. The van der Waals surface area contributed by atoms with E-state index < -0.39 is 0 Å². The van der Waals surface area contributed by atoms with Crippen LogP contribution in [0.2, 0.25) is 0 Å². The van der Waals surface area contributed by atoms with Gasteiger partial charge in [0.25, 0.3) is 0 Å². The van der Waals surface area contributed by atoms with Crippen molar-refractivity contribution in [2.45, 2.75) is 45.1 Å². The van der Waals surface area contributed by atoms with Gasteiger partial charge in [-0.1, -0.05) is 6.92 Å². The first-order valence-corrected chi connectivity index (χ1v) is 11.6. The van der Waals surface area contributed by atoms with Crippen LogP contribution >= 0.6 is 0 Å². The van der Waals surface area contributed by atoms with Crippen LogP contribution in [0.25, 0.3) is 11.3 Å². The van der Waals surface area contributed by atoms with Gasteiger partial charge in [0, 0.05) is 44.1 Å². The Morgan fingerprint density at radius 3 is 2.81 bits per heavy atom. The fraction of sp³-hybridized carbons (Fsp3) is 0.542. The minimum Gasteiger partial charge on any atom is -0.381 e. The van der Waals surface area contributed by atoms with E-state index in [9.17, 15) is 9.18 Å². The lowest BCUT2D eigenvalue weighted by atomic mass is 9.93. The molecule has 0 spiro atoms. The smallest absolute Gasteiger partial charge is 0.229 e. The van der Waals surface area contributed by atoms with Crippen molar-refractivity contribution in [3.8, 4) is 11.3 Å². The molecule has 2 aromatic rings. The maximum Gasteiger partial charge on any atom is 0.229 e. The summed E-state index contributed by atoms with van der Waals surface area (Å²) in [7, 11) is 0. The maximum absolute atomic E-state index is 14.3. The number of nitrogens with one attached hydrogen (secondary N) is 3. The highest BCUT2D eigenvalue weighted by Gasteiger charge is 2.25. The third-order valence-corrected chi connectivity index (χ3v) is 6.43. The largest absolute Gasteiger partial charge is 0.381 e. The van der Waals surface area contributed by atoms with Crippen molar-refractivity contribution in [1.82, 2.24) is 15.3 Å². The number of carbonyl (C=O) groups is 1. The number of nitrogens with zero attached hydrogens (tertiary/aromatic N) is 2. The summed E-state index contributed by atoms with van der Waals surface area (Å²) in [6, 6.07) is 7.16. The van der Waals surface area contributed by atoms with Gasteiger partial charge in [0.15, 0.2) is 11.6 Å². The van der Waals surface area contributed by atoms with Gasteiger partial charge in [0.05, 0.1) is 11.6 Å². The second-order valence-electron chi connectivity index (χ2n) is 8.67. The highest BCUT2D eigenvalue weighted by atomic mass is 19.1. The Bertz CT molecular complexity index is 911. The highest BCUT2D eigenvalue weighted by molar-refractivity contribution is 5.92. The summed E-state index contributed by atoms with van der Waals surface area (Å²) in [6.45, 7) is 5.02. The van der Waals surface area contributed by atoms with E-state index in [0.717, 1.165) is 50.9 Å². The predicted octanol–water partition coefficient (Wildman–Crippen LogP) is 3.84. The molecule has 0 aliphatic carbocycles. The number of anilines is 2. The molecule has 3 N–H and O–H groups in total. The van der Waals surface area contributed by atoms with Crippen molar-refractivity contribution >= 4 is 17.5 Å². The van der Waals surface area contributed by atoms with E-state index in [1.165, 1.54) is 6.07 Å². The molecule has 4 rings (SSSR count). The molecular formula is C24H32FN5O2. The number of carbonyl (C=O) groups excluding carboxylic acids is 1. The minimum atomic E-state index is -0.376. The van der Waals surface area contributed by atoms with E-state index in [-0.39, 0.29) is 23.5 Å². The normalized spacial score (nSPS) is 21.8. The molecule has 8 heteroatoms. The number of hydrogen-bond donors (Lipinski definition) is 3. The Labute approximate surface area is 188 Å². The Morgan fingerprint density at radius 2 is 2.06 bits per heavy atom. The fourth-order valence-electron chi connectivity index (χ4n) is 4.29. The molecule has 2 saturated heterocycles. The molecule has 0 aromatic carbocycles. The van der Waals surface area contributed by atoms with Crippen molar-refractivity contribution < 1.29 is 13.9 Å². The lowest BCUT2D eigenvalue weighted by Gasteiger charge is -2.28. The van der Waals surface area contributed by atoms with Crippen LogP contribution in [0.15, 0.2) is 30.5 Å². The average Bonchev–Trinajstić information content (AvgIpc) is 2.84. The van der Waals surface area contributed by atoms with Crippen LogP contribution in [0.3, 0.4) is 0 Å². The van der Waals surface area contributed by atoms with Gasteiger partial charge in [-0.25, -0.2) is 14.4 Å². The molecule has 1 amide bonds. The predicted molar refractivity (Wildman–Crippen MR) is 123 cm³/mol. The van der Waals surface area contributed by atoms with Gasteiger partial charge in [-0.2, -0.15) is 0 Å². The molecule has 2 aliphatic rings. The summed E-state index contributed by atoms with van der Waals surface area (Å²) in [5, 5.41) is 9.52. The monoisotopic (exact) mass is 441 g/mol. The third-order valence-electron chi connectivity index (χ3n) is 6.43. The van der Waals surface area contributed by atoms with E-state index in [1.54, 1.807) is 18.3 Å². The zero-order valence-corrected chi connectivity index (χ0v) is 18.6. The van der Waals surface area contributed by atoms with Crippen LogP contribution in [0.1, 0.15) is 39.0 Å². The molecule has 0 bridgehead atoms. The van der Waals surface area contributed by atoms with Gasteiger partial charge in [0.1, 0.15) is 5.82 Å². The Kier molecular flexibility index (Phi) is 7.65. The summed E-state index contributed by atoms with van der Waals surface area (Å²) in [5.41, 5.74) is 1.40. The van der Waals surface area contributed by atoms with Gasteiger partial charge in [0.2, 0.25) is 5.91 Å². The summed E-state index contributed by atoms with van der Waals surface area (Å²) in [5.74, 6) is 0.718. The van der Waals surface area contributed by atoms with Gasteiger partial charge in [-0.3, -0.25) is 4.79 Å². The van der Waals surface area contributed by atoms with Crippen LogP contribution in [0, 0.1) is 17.7 Å². The van der Waals surface area contributed by atoms with Crippen molar-refractivity contribution in [3.05, 3.63) is 36.3 Å². The number of piperidine rings is 1. The Morgan fingerprint density at radius 1 is 1.22 bits per heavy atom. The first-order valence-electron chi connectivity index (χ1n) is 11.6. The molecule has 2 fully saturated rings. The lowest BCUT2D eigenvalue weighted by molar-refractivity contribution is -0.120. The zero-order chi connectivity index (χ0) is 22.3. The summed E-state index contributed by atoms with van der Waals surface area (Å²) < 4.78 is 19.7. The van der Waals surface area contributed by atoms with Crippen LogP contribution in [0.4, 0.5) is 16.0 Å². The number of amides is 1. The van der Waals surface area contributed by atoms with Crippen LogP contribution in [-0.4, -0.2) is 48.2 Å². The first-order chi connectivity index (χ1) is 15.6. The molecular weight excluding hydrogens is 409 g/mol. The number of pyridine rings is 2. The molecule has 32 heavy (non-hydrogen) atoms. The summed E-state index contributed by atoms with van der Waals surface area (Å²) in [4.78, 5) is 21.4. The average molecular weight is 442 g/mol. The second kappa shape index (κ2) is 10.8. The first kappa shape index (κ1) is 22.6. The zero-order valence-electron chi connectivity index (χ0n) is 18.6. The van der Waals surface area contributed by atoms with Crippen LogP contribution in [0.5, 0.6) is 0 Å². The van der Waals surface area contributed by atoms with Gasteiger partial charge in [-0.15, -0.1) is 0 Å². The van der Waals surface area contributed by atoms with Crippen molar-refractivity contribution in [2.24, 2.45) is 11.8 Å². The van der Waals surface area contributed by atoms with E-state index in [0.29, 0.717) is 36.6 Å². The SMILES string of the molecule is CC[C@@H]1CC[C@@H](C(=O)Nc2cc(-c3ccc(F)c(NCC4CCOCC4)n3)ccn2)CN1. The second-order valence-corrected chi connectivity index (χ2v) is 8.67. The van der Waals surface area contributed by atoms with E-state index in [2.05, 4.69) is 32.8 Å². The molecule has 172 valence electrons. The molecule has 0 saturated carbocycles. The van der Waals surface area contributed by atoms with Crippen molar-refractivity contribution in [3.63, 3.8) is 0 Å². The standard InChI is InChI=1S/C24H32FN5O2/c1-2-19-4-3-18(15-27-19)24(31)30-22-13-17(7-10-26-22)21-6-5-20(25)23(29-21)28-14-16-8-11-32-12-9-16/h5-7,10,13,16,18-19,27H,2-4,8-9,11-12,14-15H2,1H3,(H,28,29)(H,26,30,31)/t18-,19-/m1/s1. The Balaban J connectivity index is 1.40. The molecule has 2 aliphatic heterocycles. The number of hydrogen-bond acceptors (Lipinski definition) is 6. The molecule has 2 atom stereocenters. The maximum atomic E-state index is 14.3. The number of rotatable bonds is 7. The fourth-order valence-corrected chi connectivity index (χ4v) is 4.29. The van der Waals surface area contributed by atoms with Gasteiger partial charge < -0.3 is 20.7 Å². The molecule has 7 nitrogen and oxygen atoms in total. The lowest BCUT2D eigenvalue weighted by Crippen LogP contribution is -2.43. The van der Waals surface area contributed by atoms with E-state index in [1.807, 2.05) is 6.07 Å². The quantitative estimate of drug-likeness (QED) is 0.605. The summed E-state index contributed by atoms with van der Waals surface area (Å²) >= 11 is 0. The molecule has 0 radical (unpaired) electrons. The number of ether oxygens (including phenoxy) is 1. The van der Waals surface area contributed by atoms with Crippen molar-refractivity contribution in [2.75, 3.05) is 36.9 Å². The van der Waals surface area contributed by atoms with E-state index in [4.69, 9.17) is 4.74 Å². The van der Waals surface area contributed by atoms with E-state index >= 15 is 0 Å². The van der Waals surface area contributed by atoms with Gasteiger partial charge >= 0.3 is 0 Å². The van der Waals surface area contributed by atoms with Crippen LogP contribution in [-0.2, 0) is 9.53 Å². The third kappa shape index (κ3) is 5.81. The van der Waals surface area contributed by atoms with Crippen LogP contribution < -0.4 is 16.0 Å². The topological polar surface area (TPSA) is 88.2 Å². The Hall–Kier alpha value is -2.58. The van der Waals surface area contributed by atoms with Crippen molar-refractivity contribution in [1.29, 1.82) is 0 Å². The summed E-state index contributed by atoms with van der Waals surface area (Å²) in [6.07, 6.45) is 6.53. The highest BCUT2D eigenvalue weighted by Crippen LogP contribution is 2.24. The van der Waals surface area contributed by atoms with Gasteiger partial charge in [-0.05, 0) is 62.3 Å². The molecule has 0 unspecified atom stereocenters. The molecule has 2 aromatic heterocycles.